The summed E-state index contributed by atoms with van der Waals surface area (Å²) in [4.78, 5) is 11.6. The molecule has 0 aliphatic carbocycles. The van der Waals surface area contributed by atoms with Crippen LogP contribution in [0.1, 0.15) is 23.6 Å². The minimum atomic E-state index is -5.73. The number of hydrogen-bond donors (Lipinski definition) is 1. The van der Waals surface area contributed by atoms with E-state index in [1.807, 2.05) is 0 Å². The Balaban J connectivity index is 3.08. The van der Waals surface area contributed by atoms with Crippen LogP contribution in [0.15, 0.2) is 12.1 Å². The van der Waals surface area contributed by atoms with Gasteiger partial charge in [-0.1, -0.05) is 6.07 Å². The fourth-order valence-corrected chi connectivity index (χ4v) is 1.74. The van der Waals surface area contributed by atoms with Gasteiger partial charge in [0.25, 0.3) is 0 Å². The first kappa shape index (κ1) is 19.1. The third-order valence-electron chi connectivity index (χ3n) is 3.45. The molecule has 9 heteroatoms. The molecule has 0 heterocycles. The molecule has 23 heavy (non-hydrogen) atoms. The summed E-state index contributed by atoms with van der Waals surface area (Å²) in [5, 5.41) is 0.877. The van der Waals surface area contributed by atoms with Gasteiger partial charge in [-0.3, -0.25) is 5.32 Å². The summed E-state index contributed by atoms with van der Waals surface area (Å²) in [5.74, 6) is -0.105. The quantitative estimate of drug-likeness (QED) is 0.798. The van der Waals surface area contributed by atoms with Crippen molar-refractivity contribution in [2.75, 3.05) is 0 Å². The number of carbonyl (C=O) groups is 1. The summed E-state index contributed by atoms with van der Waals surface area (Å²) >= 11 is 0. The van der Waals surface area contributed by atoms with Crippen molar-refractivity contribution in [2.45, 2.75) is 45.6 Å². The number of alkyl halides is 6. The summed E-state index contributed by atoms with van der Waals surface area (Å²) in [5.41, 5.74) is -2.65. The van der Waals surface area contributed by atoms with Gasteiger partial charge in [0.2, 0.25) is 5.54 Å². The Bertz CT molecular complexity index is 593. The molecular formula is C14H15F6NO2. The molecule has 0 fully saturated rings. The van der Waals surface area contributed by atoms with Gasteiger partial charge in [0.15, 0.2) is 0 Å². The summed E-state index contributed by atoms with van der Waals surface area (Å²) < 4.78 is 80.9. The highest BCUT2D eigenvalue weighted by atomic mass is 19.4. The number of rotatable bonds is 2. The van der Waals surface area contributed by atoms with Crippen LogP contribution in [0.3, 0.4) is 0 Å². The number of benzene rings is 1. The van der Waals surface area contributed by atoms with E-state index in [-0.39, 0.29) is 12.7 Å². The van der Waals surface area contributed by atoms with Gasteiger partial charge in [-0.2, -0.15) is 26.3 Å². The van der Waals surface area contributed by atoms with E-state index in [1.165, 1.54) is 13.0 Å². The van der Waals surface area contributed by atoms with Crippen molar-refractivity contribution in [3.8, 4) is 5.75 Å². The lowest BCUT2D eigenvalue weighted by Gasteiger charge is -2.34. The van der Waals surface area contributed by atoms with Gasteiger partial charge in [0.1, 0.15) is 5.75 Å². The maximum absolute atomic E-state index is 12.7. The lowest BCUT2D eigenvalue weighted by molar-refractivity contribution is -0.298. The van der Waals surface area contributed by atoms with Crippen LogP contribution in [-0.4, -0.2) is 24.0 Å². The third kappa shape index (κ3) is 3.89. The van der Waals surface area contributed by atoms with Crippen LogP contribution in [-0.2, 0) is 0 Å². The Kier molecular flexibility index (Phi) is 4.93. The molecule has 0 unspecified atom stereocenters. The summed E-state index contributed by atoms with van der Waals surface area (Å²) in [7, 11) is 0. The van der Waals surface area contributed by atoms with E-state index in [0.29, 0.717) is 16.7 Å². The maximum atomic E-state index is 12.7. The molecule has 1 amide bonds. The number of carbonyl (C=O) groups excluding carboxylic acids is 1. The predicted octanol–water partition coefficient (Wildman–Crippen LogP) is 4.58. The van der Waals surface area contributed by atoms with Crippen molar-refractivity contribution in [3.05, 3.63) is 28.8 Å². The third-order valence-corrected chi connectivity index (χ3v) is 3.45. The molecule has 0 aliphatic heterocycles. The second-order valence-electron chi connectivity index (χ2n) is 5.34. The number of amides is 1. The number of ether oxygens (including phenoxy) is 1. The average molecular weight is 343 g/mol. The normalized spacial score (nSPS) is 13.0. The second kappa shape index (κ2) is 5.93. The molecule has 0 saturated carbocycles. The van der Waals surface area contributed by atoms with Gasteiger partial charge >= 0.3 is 18.4 Å². The van der Waals surface area contributed by atoms with Crippen LogP contribution in [0.25, 0.3) is 0 Å². The van der Waals surface area contributed by atoms with Gasteiger partial charge in [-0.05, 0) is 50.5 Å². The fraction of sp³-hybridized carbons (Fsp3) is 0.500. The van der Waals surface area contributed by atoms with Crippen molar-refractivity contribution in [1.82, 2.24) is 5.32 Å². The minimum absolute atomic E-state index is 0.105. The molecule has 0 radical (unpaired) electrons. The van der Waals surface area contributed by atoms with Gasteiger partial charge in [0.05, 0.1) is 0 Å². The molecule has 0 spiro atoms. The number of hydrogen-bond acceptors (Lipinski definition) is 2. The Hall–Kier alpha value is -1.93. The molecule has 0 atom stereocenters. The highest BCUT2D eigenvalue weighted by Gasteiger charge is 2.69. The van der Waals surface area contributed by atoms with Crippen molar-refractivity contribution in [3.63, 3.8) is 0 Å². The zero-order chi connectivity index (χ0) is 18.2. The highest BCUT2D eigenvalue weighted by Crippen LogP contribution is 2.42. The van der Waals surface area contributed by atoms with E-state index >= 15 is 0 Å². The lowest BCUT2D eigenvalue weighted by Crippen LogP contribution is -2.66. The fourth-order valence-electron chi connectivity index (χ4n) is 1.74. The minimum Gasteiger partial charge on any atom is -0.410 e. The van der Waals surface area contributed by atoms with Crippen molar-refractivity contribution >= 4 is 6.09 Å². The summed E-state index contributed by atoms with van der Waals surface area (Å²) in [6.45, 7) is 4.68. The number of halogens is 6. The van der Waals surface area contributed by atoms with Crippen LogP contribution in [0.4, 0.5) is 31.1 Å². The molecule has 0 aliphatic rings. The first-order valence-corrected chi connectivity index (χ1v) is 6.40. The van der Waals surface area contributed by atoms with E-state index in [9.17, 15) is 31.1 Å². The molecule has 0 bridgehead atoms. The van der Waals surface area contributed by atoms with Crippen molar-refractivity contribution < 1.29 is 35.9 Å². The van der Waals surface area contributed by atoms with Crippen LogP contribution >= 0.6 is 0 Å². The first-order valence-electron chi connectivity index (χ1n) is 6.40. The second-order valence-corrected chi connectivity index (χ2v) is 5.34. The Morgan fingerprint density at radius 1 is 1.00 bits per heavy atom. The van der Waals surface area contributed by atoms with E-state index in [4.69, 9.17) is 0 Å². The largest absolute Gasteiger partial charge is 0.420 e. The Morgan fingerprint density at radius 3 is 1.91 bits per heavy atom. The lowest BCUT2D eigenvalue weighted by atomic mass is 10.0. The van der Waals surface area contributed by atoms with E-state index in [0.717, 1.165) is 5.32 Å². The SMILES string of the molecule is Cc1cc(C)c(C)c(OC(=O)NC(C)(C(F)(F)F)C(F)(F)F)c1. The van der Waals surface area contributed by atoms with Gasteiger partial charge < -0.3 is 4.74 Å². The molecule has 1 aromatic carbocycles. The molecular weight excluding hydrogens is 328 g/mol. The Morgan fingerprint density at radius 2 is 1.48 bits per heavy atom. The van der Waals surface area contributed by atoms with E-state index in [1.54, 1.807) is 19.9 Å². The van der Waals surface area contributed by atoms with Crippen LogP contribution < -0.4 is 10.1 Å². The topological polar surface area (TPSA) is 38.3 Å². The monoisotopic (exact) mass is 343 g/mol. The highest BCUT2D eigenvalue weighted by molar-refractivity contribution is 5.72. The van der Waals surface area contributed by atoms with Crippen molar-refractivity contribution in [1.29, 1.82) is 0 Å². The zero-order valence-electron chi connectivity index (χ0n) is 12.7. The maximum Gasteiger partial charge on any atom is 0.420 e. The van der Waals surface area contributed by atoms with Gasteiger partial charge in [-0.25, -0.2) is 4.79 Å². The van der Waals surface area contributed by atoms with Gasteiger partial charge in [0, 0.05) is 0 Å². The smallest absolute Gasteiger partial charge is 0.410 e. The zero-order valence-corrected chi connectivity index (χ0v) is 12.7. The average Bonchev–Trinajstić information content (AvgIpc) is 2.32. The molecule has 0 aromatic heterocycles. The van der Waals surface area contributed by atoms with Crippen LogP contribution in [0.2, 0.25) is 0 Å². The predicted molar refractivity (Wildman–Crippen MR) is 70.3 cm³/mol. The Labute approximate surface area is 128 Å². The number of aryl methyl sites for hydroxylation is 2. The van der Waals surface area contributed by atoms with Crippen LogP contribution in [0.5, 0.6) is 5.75 Å². The molecule has 3 nitrogen and oxygen atoms in total. The molecule has 130 valence electrons. The standard InChI is InChI=1S/C14H15F6NO2/c1-7-5-8(2)9(3)10(6-7)23-11(22)21-12(4,13(15,16)17)14(18,19)20/h5-6H,1-4H3,(H,21,22). The molecule has 1 rings (SSSR count). The molecule has 0 saturated heterocycles. The molecule has 1 aromatic rings. The van der Waals surface area contributed by atoms with Crippen LogP contribution in [0, 0.1) is 20.8 Å². The van der Waals surface area contributed by atoms with E-state index < -0.39 is 24.0 Å². The number of nitrogens with one attached hydrogen (secondary N) is 1. The summed E-state index contributed by atoms with van der Waals surface area (Å²) in [6.07, 6.45) is -13.3. The first-order chi connectivity index (χ1) is 10.2. The van der Waals surface area contributed by atoms with Crippen molar-refractivity contribution in [2.24, 2.45) is 0 Å². The van der Waals surface area contributed by atoms with Gasteiger partial charge in [-0.15, -0.1) is 0 Å². The molecule has 1 N–H and O–H groups in total. The van der Waals surface area contributed by atoms with E-state index in [2.05, 4.69) is 4.74 Å². The summed E-state index contributed by atoms with van der Waals surface area (Å²) in [6, 6.07) is 3.08.